The summed E-state index contributed by atoms with van der Waals surface area (Å²) >= 11 is 0. The average molecular weight is 275 g/mol. The highest BCUT2D eigenvalue weighted by atomic mass is 16.5. The highest BCUT2D eigenvalue weighted by molar-refractivity contribution is 5.31. The van der Waals surface area contributed by atoms with Crippen LogP contribution in [0.2, 0.25) is 0 Å². The molecule has 1 heterocycles. The van der Waals surface area contributed by atoms with Crippen LogP contribution < -0.4 is 21.7 Å². The van der Waals surface area contributed by atoms with Crippen molar-refractivity contribution in [3.05, 3.63) is 57.4 Å². The van der Waals surface area contributed by atoms with Crippen LogP contribution in [0.1, 0.15) is 6.92 Å². The van der Waals surface area contributed by atoms with Crippen LogP contribution in [0.4, 0.5) is 5.69 Å². The fourth-order valence-electron chi connectivity index (χ4n) is 1.87. The molecule has 106 valence electrons. The number of rotatable bonds is 5. The van der Waals surface area contributed by atoms with Crippen molar-refractivity contribution in [2.24, 2.45) is 0 Å². The summed E-state index contributed by atoms with van der Waals surface area (Å²) in [5, 5.41) is 0. The van der Waals surface area contributed by atoms with E-state index in [-0.39, 0.29) is 24.5 Å². The second kappa shape index (κ2) is 6.10. The van der Waals surface area contributed by atoms with E-state index in [0.717, 1.165) is 4.57 Å². The zero-order valence-corrected chi connectivity index (χ0v) is 11.3. The lowest BCUT2D eigenvalue weighted by atomic mass is 10.3. The molecule has 0 aliphatic heterocycles. The third-order valence-electron chi connectivity index (χ3n) is 2.93. The molecule has 0 aliphatic rings. The largest absolute Gasteiger partial charge is 0.492 e. The van der Waals surface area contributed by atoms with Gasteiger partial charge in [0.2, 0.25) is 0 Å². The molecule has 0 amide bonds. The summed E-state index contributed by atoms with van der Waals surface area (Å²) in [4.78, 5) is 23.9. The first-order chi connectivity index (χ1) is 9.63. The van der Waals surface area contributed by atoms with Gasteiger partial charge in [0.25, 0.3) is 5.56 Å². The molecule has 0 aliphatic carbocycles. The predicted molar refractivity (Wildman–Crippen MR) is 77.0 cm³/mol. The molecule has 2 N–H and O–H groups in total. The van der Waals surface area contributed by atoms with Crippen molar-refractivity contribution in [2.75, 3.05) is 12.3 Å². The number of para-hydroxylation sites is 1. The molecule has 1 aromatic heterocycles. The number of anilines is 1. The normalized spacial score (nSPS) is 10.4. The number of aromatic nitrogens is 2. The average Bonchev–Trinajstić information content (AvgIpc) is 2.47. The summed E-state index contributed by atoms with van der Waals surface area (Å²) in [6, 6.07) is 9.21. The van der Waals surface area contributed by atoms with Gasteiger partial charge in [-0.2, -0.15) is 0 Å². The van der Waals surface area contributed by atoms with Gasteiger partial charge in [-0.15, -0.1) is 0 Å². The smallest absolute Gasteiger partial charge is 0.331 e. The number of benzene rings is 1. The van der Waals surface area contributed by atoms with Crippen LogP contribution >= 0.6 is 0 Å². The number of hydrogen-bond acceptors (Lipinski definition) is 4. The van der Waals surface area contributed by atoms with Gasteiger partial charge in [0.15, 0.2) is 0 Å². The number of nitrogens with zero attached hydrogens (tertiary/aromatic N) is 2. The molecule has 20 heavy (non-hydrogen) atoms. The molecule has 2 rings (SSSR count). The van der Waals surface area contributed by atoms with Gasteiger partial charge in [-0.1, -0.05) is 18.2 Å². The van der Waals surface area contributed by atoms with Gasteiger partial charge in [-0.05, 0) is 19.1 Å². The summed E-state index contributed by atoms with van der Waals surface area (Å²) < 4.78 is 7.99. The lowest BCUT2D eigenvalue weighted by molar-refractivity contribution is 0.292. The van der Waals surface area contributed by atoms with Crippen molar-refractivity contribution in [1.29, 1.82) is 0 Å². The Kier molecular flexibility index (Phi) is 4.24. The lowest BCUT2D eigenvalue weighted by Gasteiger charge is -2.10. The van der Waals surface area contributed by atoms with Gasteiger partial charge >= 0.3 is 5.69 Å². The Balaban J connectivity index is 2.16. The quantitative estimate of drug-likeness (QED) is 0.870. The van der Waals surface area contributed by atoms with Crippen molar-refractivity contribution in [1.82, 2.24) is 9.13 Å². The van der Waals surface area contributed by atoms with E-state index in [4.69, 9.17) is 10.5 Å². The molecule has 0 saturated carbocycles. The van der Waals surface area contributed by atoms with Gasteiger partial charge < -0.3 is 10.5 Å². The van der Waals surface area contributed by atoms with Crippen molar-refractivity contribution in [3.8, 4) is 5.75 Å². The van der Waals surface area contributed by atoms with E-state index in [2.05, 4.69) is 0 Å². The van der Waals surface area contributed by atoms with E-state index < -0.39 is 5.56 Å². The Labute approximate surface area is 116 Å². The number of aryl methyl sites for hydroxylation is 1. The summed E-state index contributed by atoms with van der Waals surface area (Å²) in [7, 11) is 0. The van der Waals surface area contributed by atoms with Crippen LogP contribution in [0, 0.1) is 0 Å². The molecular formula is C14H17N3O3. The van der Waals surface area contributed by atoms with Crippen molar-refractivity contribution in [2.45, 2.75) is 20.0 Å². The second-order valence-electron chi connectivity index (χ2n) is 4.27. The molecule has 0 saturated heterocycles. The van der Waals surface area contributed by atoms with Gasteiger partial charge in [-0.3, -0.25) is 13.9 Å². The highest BCUT2D eigenvalue weighted by Gasteiger charge is 2.08. The van der Waals surface area contributed by atoms with Crippen LogP contribution in [-0.4, -0.2) is 15.7 Å². The molecule has 2 aromatic rings. The fraction of sp³-hybridized carbons (Fsp3) is 0.286. The first-order valence-electron chi connectivity index (χ1n) is 6.41. The highest BCUT2D eigenvalue weighted by Crippen LogP contribution is 2.07. The van der Waals surface area contributed by atoms with E-state index in [0.29, 0.717) is 12.3 Å². The molecule has 0 unspecified atom stereocenters. The zero-order valence-electron chi connectivity index (χ0n) is 11.3. The molecule has 0 fully saturated rings. The number of ether oxygens (including phenoxy) is 1. The molecule has 0 radical (unpaired) electrons. The molecular weight excluding hydrogens is 258 g/mol. The van der Waals surface area contributed by atoms with Gasteiger partial charge in [0.1, 0.15) is 18.0 Å². The van der Waals surface area contributed by atoms with Gasteiger partial charge in [0, 0.05) is 12.7 Å². The summed E-state index contributed by atoms with van der Waals surface area (Å²) in [6.45, 7) is 2.67. The van der Waals surface area contributed by atoms with E-state index in [9.17, 15) is 9.59 Å². The van der Waals surface area contributed by atoms with E-state index in [1.807, 2.05) is 37.3 Å². The Morgan fingerprint density at radius 3 is 2.55 bits per heavy atom. The maximum Gasteiger partial charge on any atom is 0.331 e. The minimum Gasteiger partial charge on any atom is -0.492 e. The van der Waals surface area contributed by atoms with Crippen LogP contribution in [0.25, 0.3) is 0 Å². The molecule has 0 bridgehead atoms. The fourth-order valence-corrected chi connectivity index (χ4v) is 1.87. The Bertz CT molecular complexity index is 689. The minimum absolute atomic E-state index is 0.0613. The van der Waals surface area contributed by atoms with E-state index >= 15 is 0 Å². The number of nitrogen functional groups attached to an aromatic ring is 1. The van der Waals surface area contributed by atoms with E-state index in [1.165, 1.54) is 10.8 Å². The maximum absolute atomic E-state index is 12.0. The summed E-state index contributed by atoms with van der Waals surface area (Å²) in [5.74, 6) is 0.695. The van der Waals surface area contributed by atoms with Crippen molar-refractivity contribution in [3.63, 3.8) is 0 Å². The van der Waals surface area contributed by atoms with Gasteiger partial charge in [-0.25, -0.2) is 4.79 Å². The summed E-state index contributed by atoms with van der Waals surface area (Å²) in [6.07, 6.45) is 1.37. The van der Waals surface area contributed by atoms with E-state index in [1.54, 1.807) is 0 Å². The number of nitrogens with two attached hydrogens (primary N) is 1. The predicted octanol–water partition coefficient (Wildman–Crippen LogP) is 0.691. The van der Waals surface area contributed by atoms with Crippen LogP contribution in [0.3, 0.4) is 0 Å². The summed E-state index contributed by atoms with van der Waals surface area (Å²) in [5.41, 5.74) is 4.83. The van der Waals surface area contributed by atoms with Gasteiger partial charge in [0.05, 0.1) is 6.54 Å². The van der Waals surface area contributed by atoms with Crippen molar-refractivity contribution >= 4 is 5.69 Å². The topological polar surface area (TPSA) is 79.2 Å². The monoisotopic (exact) mass is 275 g/mol. The zero-order chi connectivity index (χ0) is 14.5. The molecule has 0 spiro atoms. The molecule has 0 atom stereocenters. The SMILES string of the molecule is CCn1cc(N)c(=O)n(CCOc2ccccc2)c1=O. The maximum atomic E-state index is 12.0. The lowest BCUT2D eigenvalue weighted by Crippen LogP contribution is -2.41. The minimum atomic E-state index is -0.476. The Morgan fingerprint density at radius 2 is 1.90 bits per heavy atom. The molecule has 6 nitrogen and oxygen atoms in total. The Hall–Kier alpha value is -2.50. The van der Waals surface area contributed by atoms with Crippen LogP contribution in [0.5, 0.6) is 5.75 Å². The standard InChI is InChI=1S/C14H17N3O3/c1-2-16-10-12(15)13(18)17(14(16)19)8-9-20-11-6-4-3-5-7-11/h3-7,10H,2,8-9,15H2,1H3. The first-order valence-corrected chi connectivity index (χ1v) is 6.41. The van der Waals surface area contributed by atoms with Crippen LogP contribution in [-0.2, 0) is 13.1 Å². The third kappa shape index (κ3) is 2.90. The Morgan fingerprint density at radius 1 is 1.20 bits per heavy atom. The molecule has 1 aromatic carbocycles. The molecule has 6 heteroatoms. The van der Waals surface area contributed by atoms with Crippen molar-refractivity contribution < 1.29 is 4.74 Å². The first kappa shape index (κ1) is 13.9. The second-order valence-corrected chi connectivity index (χ2v) is 4.27. The van der Waals surface area contributed by atoms with Crippen LogP contribution in [0.15, 0.2) is 46.1 Å². The number of hydrogen-bond donors (Lipinski definition) is 1. The third-order valence-corrected chi connectivity index (χ3v) is 2.93.